The second-order valence-corrected chi connectivity index (χ2v) is 8.49. The first-order valence-electron chi connectivity index (χ1n) is 11.8. The number of para-hydroxylation sites is 1. The van der Waals surface area contributed by atoms with E-state index in [0.717, 1.165) is 41.2 Å². The fraction of sp³-hybridized carbons (Fsp3) is 0.423. The zero-order valence-corrected chi connectivity index (χ0v) is 20.9. The van der Waals surface area contributed by atoms with E-state index in [4.69, 9.17) is 24.2 Å². The molecule has 0 atom stereocenters. The van der Waals surface area contributed by atoms with Crippen molar-refractivity contribution in [1.82, 2.24) is 19.8 Å². The Hall–Kier alpha value is -3.59. The molecule has 1 fully saturated rings. The highest BCUT2D eigenvalue weighted by atomic mass is 16.6. The average molecular weight is 480 g/mol. The number of methoxy groups -OCH3 is 2. The largest absolute Gasteiger partial charge is 0.493 e. The Labute approximate surface area is 206 Å². The van der Waals surface area contributed by atoms with Gasteiger partial charge in [0, 0.05) is 45.2 Å². The smallest absolute Gasteiger partial charge is 0.409 e. The maximum absolute atomic E-state index is 12.0. The molecule has 1 aromatic heterocycles. The van der Waals surface area contributed by atoms with Crippen molar-refractivity contribution >= 4 is 22.8 Å². The number of nitrogens with zero attached hydrogens (tertiary/aromatic N) is 5. The fourth-order valence-corrected chi connectivity index (χ4v) is 4.30. The average Bonchev–Trinajstić information content (AvgIpc) is 2.88. The summed E-state index contributed by atoms with van der Waals surface area (Å²) in [4.78, 5) is 28.0. The maximum atomic E-state index is 12.0. The summed E-state index contributed by atoms with van der Waals surface area (Å²) in [7, 11) is 5.31. The molecule has 1 amide bonds. The molecule has 186 valence electrons. The Balaban J connectivity index is 1.52. The Morgan fingerprint density at radius 1 is 1.00 bits per heavy atom. The van der Waals surface area contributed by atoms with Crippen LogP contribution in [0.5, 0.6) is 11.5 Å². The van der Waals surface area contributed by atoms with Crippen LogP contribution in [0.25, 0.3) is 10.9 Å². The van der Waals surface area contributed by atoms with Gasteiger partial charge in [-0.05, 0) is 36.8 Å². The lowest BCUT2D eigenvalue weighted by atomic mass is 10.1. The molecule has 3 aromatic rings. The van der Waals surface area contributed by atoms with E-state index in [1.54, 1.807) is 19.1 Å². The van der Waals surface area contributed by atoms with Crippen molar-refractivity contribution in [2.75, 3.05) is 59.0 Å². The third-order valence-corrected chi connectivity index (χ3v) is 6.12. The molecule has 2 aromatic carbocycles. The van der Waals surface area contributed by atoms with Gasteiger partial charge in [-0.3, -0.25) is 4.90 Å². The molecule has 1 saturated heterocycles. The van der Waals surface area contributed by atoms with Gasteiger partial charge < -0.3 is 24.0 Å². The molecule has 9 nitrogen and oxygen atoms in total. The number of fused-ring (bicyclic) bond motifs is 1. The predicted octanol–water partition coefficient (Wildman–Crippen LogP) is 3.56. The quantitative estimate of drug-likeness (QED) is 0.485. The molecule has 1 aliphatic rings. The Morgan fingerprint density at radius 2 is 1.74 bits per heavy atom. The van der Waals surface area contributed by atoms with E-state index in [1.165, 1.54) is 0 Å². The van der Waals surface area contributed by atoms with E-state index < -0.39 is 0 Å². The molecule has 0 radical (unpaired) electrons. The zero-order chi connectivity index (χ0) is 24.8. The number of hydrogen-bond donors (Lipinski definition) is 0. The first-order valence-corrected chi connectivity index (χ1v) is 11.8. The molecule has 0 N–H and O–H groups in total. The molecule has 0 saturated carbocycles. The molecule has 0 aliphatic carbocycles. The third kappa shape index (κ3) is 5.74. The van der Waals surface area contributed by atoms with Crippen LogP contribution in [0.3, 0.4) is 0 Å². The number of aromatic nitrogens is 2. The molecule has 35 heavy (non-hydrogen) atoms. The van der Waals surface area contributed by atoms with E-state index in [2.05, 4.69) is 15.9 Å². The van der Waals surface area contributed by atoms with Gasteiger partial charge in [0.15, 0.2) is 11.5 Å². The summed E-state index contributed by atoms with van der Waals surface area (Å²) in [6.45, 7) is 6.28. The van der Waals surface area contributed by atoms with Gasteiger partial charge in [0.05, 0.1) is 32.9 Å². The first kappa shape index (κ1) is 24.5. The first-order chi connectivity index (χ1) is 17.0. The molecule has 2 heterocycles. The van der Waals surface area contributed by atoms with Gasteiger partial charge >= 0.3 is 6.09 Å². The van der Waals surface area contributed by atoms with E-state index in [9.17, 15) is 4.79 Å². The lowest BCUT2D eigenvalue weighted by Gasteiger charge is -2.33. The van der Waals surface area contributed by atoms with Gasteiger partial charge in [0.1, 0.15) is 11.6 Å². The normalized spacial score (nSPS) is 14.1. The number of amides is 1. The summed E-state index contributed by atoms with van der Waals surface area (Å²) in [5.41, 5.74) is 2.00. The minimum absolute atomic E-state index is 0.242. The molecule has 0 bridgehead atoms. The Kier molecular flexibility index (Phi) is 7.87. The lowest BCUT2D eigenvalue weighted by Crippen LogP contribution is -2.48. The standard InChI is InChI=1S/C26H33N5O4/c1-5-35-26(32)31-14-12-30(13-15-31)18-24-27-21-9-7-6-8-20(21)25(28-24)29(2)17-19-10-11-22(33-3)23(16-19)34-4/h6-11,16H,5,12-15,17-18H2,1-4H3. The van der Waals surface area contributed by atoms with Crippen molar-refractivity contribution in [2.24, 2.45) is 0 Å². The van der Waals surface area contributed by atoms with Gasteiger partial charge in [0.2, 0.25) is 0 Å². The minimum Gasteiger partial charge on any atom is -0.493 e. The van der Waals surface area contributed by atoms with Gasteiger partial charge in [0.25, 0.3) is 0 Å². The summed E-state index contributed by atoms with van der Waals surface area (Å²) >= 11 is 0. The van der Waals surface area contributed by atoms with Crippen molar-refractivity contribution in [2.45, 2.75) is 20.0 Å². The zero-order valence-electron chi connectivity index (χ0n) is 20.9. The monoisotopic (exact) mass is 479 g/mol. The van der Waals surface area contributed by atoms with Crippen LogP contribution in [0, 0.1) is 0 Å². The summed E-state index contributed by atoms with van der Waals surface area (Å²) in [5, 5.41) is 1.01. The maximum Gasteiger partial charge on any atom is 0.409 e. The van der Waals surface area contributed by atoms with Crippen molar-refractivity contribution in [3.05, 3.63) is 53.9 Å². The number of carbonyl (C=O) groups is 1. The van der Waals surface area contributed by atoms with Crippen LogP contribution in [0.2, 0.25) is 0 Å². The fourth-order valence-electron chi connectivity index (χ4n) is 4.30. The topological polar surface area (TPSA) is 80.3 Å². The predicted molar refractivity (Wildman–Crippen MR) is 135 cm³/mol. The third-order valence-electron chi connectivity index (χ3n) is 6.12. The molecule has 1 aliphatic heterocycles. The number of anilines is 1. The molecule has 0 spiro atoms. The Bertz CT molecular complexity index is 1160. The van der Waals surface area contributed by atoms with Crippen LogP contribution >= 0.6 is 0 Å². The van der Waals surface area contributed by atoms with E-state index >= 15 is 0 Å². The van der Waals surface area contributed by atoms with Crippen molar-refractivity contribution in [3.8, 4) is 11.5 Å². The summed E-state index contributed by atoms with van der Waals surface area (Å²) in [6.07, 6.45) is -0.242. The summed E-state index contributed by atoms with van der Waals surface area (Å²) in [5.74, 6) is 3.05. The number of hydrogen-bond acceptors (Lipinski definition) is 8. The van der Waals surface area contributed by atoms with Crippen LogP contribution in [0.1, 0.15) is 18.3 Å². The highest BCUT2D eigenvalue weighted by Gasteiger charge is 2.23. The molecule has 9 heteroatoms. The van der Waals surface area contributed by atoms with Gasteiger partial charge in [-0.15, -0.1) is 0 Å². The van der Waals surface area contributed by atoms with Gasteiger partial charge in [-0.2, -0.15) is 0 Å². The summed E-state index contributed by atoms with van der Waals surface area (Å²) in [6, 6.07) is 14.0. The molecule has 0 unspecified atom stereocenters. The second-order valence-electron chi connectivity index (χ2n) is 8.49. The van der Waals surface area contributed by atoms with Crippen molar-refractivity contribution in [1.29, 1.82) is 0 Å². The van der Waals surface area contributed by atoms with E-state index in [1.807, 2.05) is 50.4 Å². The Morgan fingerprint density at radius 3 is 2.46 bits per heavy atom. The van der Waals surface area contributed by atoms with Crippen LogP contribution in [0.4, 0.5) is 10.6 Å². The molecule has 4 rings (SSSR count). The lowest BCUT2D eigenvalue weighted by molar-refractivity contribution is 0.0772. The van der Waals surface area contributed by atoms with Crippen LogP contribution in [-0.2, 0) is 17.8 Å². The number of benzene rings is 2. The van der Waals surface area contributed by atoms with Crippen LogP contribution in [0.15, 0.2) is 42.5 Å². The van der Waals surface area contributed by atoms with Gasteiger partial charge in [-0.25, -0.2) is 14.8 Å². The van der Waals surface area contributed by atoms with Crippen LogP contribution in [-0.4, -0.2) is 79.9 Å². The number of ether oxygens (including phenoxy) is 3. The second kappa shape index (κ2) is 11.2. The number of rotatable bonds is 8. The van der Waals surface area contributed by atoms with Gasteiger partial charge in [-0.1, -0.05) is 18.2 Å². The van der Waals surface area contributed by atoms with E-state index in [-0.39, 0.29) is 6.09 Å². The highest BCUT2D eigenvalue weighted by Crippen LogP contribution is 2.30. The van der Waals surface area contributed by atoms with Crippen molar-refractivity contribution in [3.63, 3.8) is 0 Å². The summed E-state index contributed by atoms with van der Waals surface area (Å²) < 4.78 is 16.0. The molecular formula is C26H33N5O4. The number of carbonyl (C=O) groups excluding carboxylic acids is 1. The van der Waals surface area contributed by atoms with Crippen LogP contribution < -0.4 is 14.4 Å². The minimum atomic E-state index is -0.242. The SMILES string of the molecule is CCOC(=O)N1CCN(Cc2nc(N(C)Cc3ccc(OC)c(OC)c3)c3ccccc3n2)CC1. The van der Waals surface area contributed by atoms with Crippen molar-refractivity contribution < 1.29 is 19.0 Å². The molecular weight excluding hydrogens is 446 g/mol. The highest BCUT2D eigenvalue weighted by molar-refractivity contribution is 5.89. The van der Waals surface area contributed by atoms with E-state index in [0.29, 0.717) is 44.3 Å². The number of piperazine rings is 1.